The van der Waals surface area contributed by atoms with Gasteiger partial charge in [-0.1, -0.05) is 23.7 Å². The molecule has 3 aromatic heterocycles. The average Bonchev–Trinajstić information content (AvgIpc) is 3.18. The Hall–Kier alpha value is -3.36. The van der Waals surface area contributed by atoms with E-state index < -0.39 is 0 Å². The van der Waals surface area contributed by atoms with Crippen LogP contribution in [0.4, 0.5) is 11.5 Å². The summed E-state index contributed by atoms with van der Waals surface area (Å²) >= 11 is 6.36. The number of nitrogens with two attached hydrogens (primary N) is 1. The van der Waals surface area contributed by atoms with Gasteiger partial charge in [-0.05, 0) is 24.3 Å². The van der Waals surface area contributed by atoms with Crippen LogP contribution in [0.1, 0.15) is 0 Å². The quantitative estimate of drug-likeness (QED) is 0.526. The Balaban J connectivity index is 1.66. The van der Waals surface area contributed by atoms with Gasteiger partial charge in [-0.2, -0.15) is 5.10 Å². The number of aromatic amines is 1. The maximum absolute atomic E-state index is 13.1. The first kappa shape index (κ1) is 18.7. The van der Waals surface area contributed by atoms with Crippen molar-refractivity contribution in [3.05, 3.63) is 64.2 Å². The summed E-state index contributed by atoms with van der Waals surface area (Å²) in [5.74, 6) is 0.141. The highest BCUT2D eigenvalue weighted by Gasteiger charge is 2.19. The third-order valence-electron chi connectivity index (χ3n) is 5.27. The zero-order valence-electron chi connectivity index (χ0n) is 16.0. The lowest BCUT2D eigenvalue weighted by Crippen LogP contribution is -2.36. The number of halogens is 1. The van der Waals surface area contributed by atoms with E-state index in [-0.39, 0.29) is 11.4 Å². The lowest BCUT2D eigenvalue weighted by molar-refractivity contribution is 0.122. The molecule has 3 N–H and O–H groups in total. The van der Waals surface area contributed by atoms with E-state index in [2.05, 4.69) is 20.1 Å². The van der Waals surface area contributed by atoms with E-state index in [0.29, 0.717) is 46.1 Å². The van der Waals surface area contributed by atoms with Crippen LogP contribution in [-0.4, -0.2) is 46.1 Å². The van der Waals surface area contributed by atoms with Crippen molar-refractivity contribution in [1.29, 1.82) is 0 Å². The zero-order valence-corrected chi connectivity index (χ0v) is 16.8. The van der Waals surface area contributed by atoms with E-state index in [9.17, 15) is 4.79 Å². The Labute approximate surface area is 176 Å². The van der Waals surface area contributed by atoms with Gasteiger partial charge in [0.2, 0.25) is 0 Å². The van der Waals surface area contributed by atoms with Crippen LogP contribution in [0.5, 0.6) is 0 Å². The first-order valence-electron chi connectivity index (χ1n) is 9.57. The monoisotopic (exact) mass is 422 g/mol. The SMILES string of the molecule is Nc1n[nH]c2c(-c3ccc(N4CCOCC4)cn3)cn(-c3ccccc3Cl)c(=O)c12. The Morgan fingerprint density at radius 3 is 2.67 bits per heavy atom. The largest absolute Gasteiger partial charge is 0.382 e. The number of para-hydroxylation sites is 1. The van der Waals surface area contributed by atoms with Crippen LogP contribution >= 0.6 is 11.6 Å². The Morgan fingerprint density at radius 1 is 1.13 bits per heavy atom. The molecule has 8 nitrogen and oxygen atoms in total. The fourth-order valence-electron chi connectivity index (χ4n) is 3.71. The van der Waals surface area contributed by atoms with Crippen molar-refractivity contribution in [1.82, 2.24) is 19.7 Å². The second-order valence-electron chi connectivity index (χ2n) is 7.03. The van der Waals surface area contributed by atoms with Gasteiger partial charge in [0.15, 0.2) is 5.82 Å². The van der Waals surface area contributed by atoms with Crippen molar-refractivity contribution in [3.8, 4) is 16.9 Å². The maximum atomic E-state index is 13.1. The summed E-state index contributed by atoms with van der Waals surface area (Å²) in [5, 5.41) is 7.70. The minimum Gasteiger partial charge on any atom is -0.382 e. The number of ether oxygens (including phenoxy) is 1. The number of benzene rings is 1. The lowest BCUT2D eigenvalue weighted by atomic mass is 10.1. The van der Waals surface area contributed by atoms with Crippen molar-refractivity contribution in [2.75, 3.05) is 36.9 Å². The van der Waals surface area contributed by atoms with E-state index in [1.54, 1.807) is 18.3 Å². The molecule has 1 aliphatic heterocycles. The summed E-state index contributed by atoms with van der Waals surface area (Å²) in [5.41, 5.74) is 9.26. The van der Waals surface area contributed by atoms with Gasteiger partial charge in [-0.3, -0.25) is 19.4 Å². The predicted octanol–water partition coefficient (Wildman–Crippen LogP) is 2.85. The van der Waals surface area contributed by atoms with Crippen molar-refractivity contribution < 1.29 is 4.74 Å². The molecule has 5 rings (SSSR count). The number of nitrogens with one attached hydrogen (secondary N) is 1. The summed E-state index contributed by atoms with van der Waals surface area (Å²) in [4.78, 5) is 20.0. The lowest BCUT2D eigenvalue weighted by Gasteiger charge is -2.28. The highest BCUT2D eigenvalue weighted by Crippen LogP contribution is 2.29. The topological polar surface area (TPSA) is 102 Å². The normalized spacial score (nSPS) is 14.4. The summed E-state index contributed by atoms with van der Waals surface area (Å²) in [6.45, 7) is 3.08. The molecule has 0 bridgehead atoms. The van der Waals surface area contributed by atoms with Crippen molar-refractivity contribution in [2.45, 2.75) is 0 Å². The van der Waals surface area contributed by atoms with Crippen LogP contribution in [0.15, 0.2) is 53.6 Å². The molecule has 4 aromatic rings. The van der Waals surface area contributed by atoms with Crippen molar-refractivity contribution in [2.24, 2.45) is 0 Å². The molecule has 1 aromatic carbocycles. The summed E-state index contributed by atoms with van der Waals surface area (Å²) in [6, 6.07) is 11.1. The number of morpholine rings is 1. The smallest absolute Gasteiger partial charge is 0.268 e. The molecule has 30 heavy (non-hydrogen) atoms. The highest BCUT2D eigenvalue weighted by molar-refractivity contribution is 6.32. The van der Waals surface area contributed by atoms with Gasteiger partial charge in [0.05, 0.1) is 47.0 Å². The standard InChI is InChI=1S/C21H19ClN6O2/c22-15-3-1-2-4-17(15)28-12-14(19-18(21(28)29)20(23)26-25-19)16-6-5-13(11-24-16)27-7-9-30-10-8-27/h1-6,11-12H,7-10H2,(H3,23,25,26). The van der Waals surface area contributed by atoms with E-state index in [4.69, 9.17) is 22.1 Å². The number of rotatable bonds is 3. The molecule has 0 amide bonds. The van der Waals surface area contributed by atoms with Crippen LogP contribution < -0.4 is 16.2 Å². The number of hydrogen-bond donors (Lipinski definition) is 2. The summed E-state index contributed by atoms with van der Waals surface area (Å²) in [7, 11) is 0. The highest BCUT2D eigenvalue weighted by atomic mass is 35.5. The molecule has 1 aliphatic rings. The number of aromatic nitrogens is 4. The van der Waals surface area contributed by atoms with Gasteiger partial charge >= 0.3 is 0 Å². The molecular weight excluding hydrogens is 404 g/mol. The molecule has 0 atom stereocenters. The van der Waals surface area contributed by atoms with Crippen LogP contribution in [0.25, 0.3) is 27.8 Å². The molecule has 0 aliphatic carbocycles. The maximum Gasteiger partial charge on any atom is 0.268 e. The first-order chi connectivity index (χ1) is 14.6. The van der Waals surface area contributed by atoms with E-state index >= 15 is 0 Å². The van der Waals surface area contributed by atoms with Gasteiger partial charge in [0, 0.05) is 24.8 Å². The number of anilines is 2. The molecular formula is C21H19ClN6O2. The summed E-state index contributed by atoms with van der Waals surface area (Å²) in [6.07, 6.45) is 3.55. The van der Waals surface area contributed by atoms with Crippen LogP contribution in [0.3, 0.4) is 0 Å². The molecule has 152 valence electrons. The molecule has 0 saturated carbocycles. The van der Waals surface area contributed by atoms with Gasteiger partial charge < -0.3 is 15.4 Å². The second kappa shape index (κ2) is 7.47. The first-order valence-corrected chi connectivity index (χ1v) is 9.94. The molecule has 0 unspecified atom stereocenters. The molecule has 0 radical (unpaired) electrons. The number of hydrogen-bond acceptors (Lipinski definition) is 6. The third kappa shape index (κ3) is 3.10. The Morgan fingerprint density at radius 2 is 1.93 bits per heavy atom. The fraction of sp³-hybridized carbons (Fsp3) is 0.190. The molecule has 1 fully saturated rings. The van der Waals surface area contributed by atoms with Crippen molar-refractivity contribution >= 4 is 34.0 Å². The van der Waals surface area contributed by atoms with Gasteiger partial charge in [-0.15, -0.1) is 0 Å². The van der Waals surface area contributed by atoms with E-state index in [1.807, 2.05) is 30.5 Å². The third-order valence-corrected chi connectivity index (χ3v) is 5.59. The van der Waals surface area contributed by atoms with Gasteiger partial charge in [0.1, 0.15) is 5.39 Å². The van der Waals surface area contributed by atoms with Gasteiger partial charge in [0.25, 0.3) is 5.56 Å². The zero-order chi connectivity index (χ0) is 20.7. The second-order valence-corrected chi connectivity index (χ2v) is 7.44. The summed E-state index contributed by atoms with van der Waals surface area (Å²) < 4.78 is 6.90. The minimum absolute atomic E-state index is 0.141. The fourth-order valence-corrected chi connectivity index (χ4v) is 3.94. The van der Waals surface area contributed by atoms with E-state index in [1.165, 1.54) is 4.57 Å². The van der Waals surface area contributed by atoms with Crippen LogP contribution in [0, 0.1) is 0 Å². The van der Waals surface area contributed by atoms with Crippen LogP contribution in [-0.2, 0) is 4.74 Å². The number of H-pyrrole nitrogens is 1. The molecule has 9 heteroatoms. The number of nitrogens with zero attached hydrogens (tertiary/aromatic N) is 4. The average molecular weight is 423 g/mol. The number of fused-ring (bicyclic) bond motifs is 1. The number of pyridine rings is 2. The molecule has 0 spiro atoms. The molecule has 1 saturated heterocycles. The predicted molar refractivity (Wildman–Crippen MR) is 117 cm³/mol. The minimum atomic E-state index is -0.293. The Kier molecular flexibility index (Phi) is 4.65. The molecule has 4 heterocycles. The van der Waals surface area contributed by atoms with Crippen molar-refractivity contribution in [3.63, 3.8) is 0 Å². The van der Waals surface area contributed by atoms with Gasteiger partial charge in [-0.25, -0.2) is 0 Å². The van der Waals surface area contributed by atoms with E-state index in [0.717, 1.165) is 18.8 Å². The number of nitrogen functional groups attached to an aromatic ring is 1. The Bertz CT molecular complexity index is 1280. The van der Waals surface area contributed by atoms with Crippen LogP contribution in [0.2, 0.25) is 5.02 Å².